The van der Waals surface area contributed by atoms with Crippen LogP contribution in [-0.2, 0) is 20.7 Å². The summed E-state index contributed by atoms with van der Waals surface area (Å²) in [6.45, 7) is 2.51. The van der Waals surface area contributed by atoms with Gasteiger partial charge in [0.2, 0.25) is 5.91 Å². The lowest BCUT2D eigenvalue weighted by Gasteiger charge is -2.38. The zero-order valence-electron chi connectivity index (χ0n) is 12.0. The number of halogens is 1. The van der Waals surface area contributed by atoms with Crippen LogP contribution in [0.5, 0.6) is 0 Å². The number of carbonyl (C=O) groups excluding carboxylic acids is 2. The van der Waals surface area contributed by atoms with Crippen LogP contribution in [0.4, 0.5) is 4.39 Å². The standard InChI is InChI=1S/C15H19FN2O3/c1-15(14(17)20)10-18(8-9-21-15)13(19)7-4-11-2-5-12(16)6-3-11/h2-3,5-6H,4,7-10H2,1H3,(H2,17,20)/t15-/m1/s1. The van der Waals surface area contributed by atoms with Gasteiger partial charge in [0.05, 0.1) is 13.2 Å². The molecule has 1 aromatic carbocycles. The van der Waals surface area contributed by atoms with Crippen LogP contribution in [0.15, 0.2) is 24.3 Å². The van der Waals surface area contributed by atoms with Crippen LogP contribution in [0.25, 0.3) is 0 Å². The average Bonchev–Trinajstić information content (AvgIpc) is 2.46. The fourth-order valence-electron chi connectivity index (χ4n) is 2.29. The minimum Gasteiger partial charge on any atom is -0.367 e. The van der Waals surface area contributed by atoms with Gasteiger partial charge in [-0.05, 0) is 31.0 Å². The second kappa shape index (κ2) is 6.22. The lowest BCUT2D eigenvalue weighted by molar-refractivity contribution is -0.160. The van der Waals surface area contributed by atoms with E-state index in [9.17, 15) is 14.0 Å². The molecule has 0 aliphatic carbocycles. The van der Waals surface area contributed by atoms with Gasteiger partial charge in [-0.25, -0.2) is 4.39 Å². The van der Waals surface area contributed by atoms with Crippen LogP contribution in [0.3, 0.4) is 0 Å². The first-order chi connectivity index (χ1) is 9.90. The highest BCUT2D eigenvalue weighted by molar-refractivity contribution is 5.85. The van der Waals surface area contributed by atoms with Crippen molar-refractivity contribution in [2.75, 3.05) is 19.7 Å². The van der Waals surface area contributed by atoms with Crippen molar-refractivity contribution in [3.63, 3.8) is 0 Å². The van der Waals surface area contributed by atoms with Crippen LogP contribution < -0.4 is 5.73 Å². The monoisotopic (exact) mass is 294 g/mol. The molecule has 1 aliphatic rings. The summed E-state index contributed by atoms with van der Waals surface area (Å²) in [6.07, 6.45) is 0.838. The number of amides is 2. The van der Waals surface area contributed by atoms with Crippen molar-refractivity contribution in [1.82, 2.24) is 4.90 Å². The molecule has 2 N–H and O–H groups in total. The number of nitrogens with two attached hydrogens (primary N) is 1. The molecule has 1 aliphatic heterocycles. The molecule has 0 radical (unpaired) electrons. The third-order valence-electron chi connectivity index (χ3n) is 3.69. The van der Waals surface area contributed by atoms with E-state index in [-0.39, 0.29) is 18.3 Å². The van der Waals surface area contributed by atoms with Gasteiger partial charge in [0, 0.05) is 13.0 Å². The summed E-state index contributed by atoms with van der Waals surface area (Å²) >= 11 is 0. The number of hydrogen-bond donors (Lipinski definition) is 1. The van der Waals surface area contributed by atoms with Crippen molar-refractivity contribution in [3.8, 4) is 0 Å². The maximum absolute atomic E-state index is 12.8. The fourth-order valence-corrected chi connectivity index (χ4v) is 2.29. The second-order valence-corrected chi connectivity index (χ2v) is 5.39. The Kier molecular flexibility index (Phi) is 4.57. The van der Waals surface area contributed by atoms with Crippen molar-refractivity contribution < 1.29 is 18.7 Å². The van der Waals surface area contributed by atoms with Gasteiger partial charge < -0.3 is 15.4 Å². The van der Waals surface area contributed by atoms with E-state index in [1.807, 2.05) is 0 Å². The molecule has 0 unspecified atom stereocenters. The van der Waals surface area contributed by atoms with E-state index in [0.717, 1.165) is 5.56 Å². The predicted octanol–water partition coefficient (Wildman–Crippen LogP) is 0.861. The van der Waals surface area contributed by atoms with Gasteiger partial charge in [0.15, 0.2) is 5.60 Å². The smallest absolute Gasteiger partial charge is 0.251 e. The summed E-state index contributed by atoms with van der Waals surface area (Å²) in [5, 5.41) is 0. The lowest BCUT2D eigenvalue weighted by Crippen LogP contribution is -2.58. The van der Waals surface area contributed by atoms with Crippen LogP contribution >= 0.6 is 0 Å². The SMILES string of the molecule is C[C@]1(C(N)=O)CN(C(=O)CCc2ccc(F)cc2)CCO1. The summed E-state index contributed by atoms with van der Waals surface area (Å²) < 4.78 is 18.2. The summed E-state index contributed by atoms with van der Waals surface area (Å²) in [6, 6.07) is 6.07. The van der Waals surface area contributed by atoms with Gasteiger partial charge in [-0.1, -0.05) is 12.1 Å². The van der Waals surface area contributed by atoms with E-state index in [0.29, 0.717) is 26.0 Å². The van der Waals surface area contributed by atoms with Gasteiger partial charge in [-0.3, -0.25) is 9.59 Å². The number of aryl methyl sites for hydroxylation is 1. The molecule has 6 heteroatoms. The molecule has 1 heterocycles. The number of rotatable bonds is 4. The molecule has 1 fully saturated rings. The van der Waals surface area contributed by atoms with E-state index in [1.165, 1.54) is 12.1 Å². The third kappa shape index (κ3) is 3.78. The Morgan fingerprint density at radius 3 is 2.67 bits per heavy atom. The number of hydrogen-bond acceptors (Lipinski definition) is 3. The van der Waals surface area contributed by atoms with Crippen LogP contribution in [0, 0.1) is 5.82 Å². The summed E-state index contributed by atoms with van der Waals surface area (Å²) in [5.41, 5.74) is 5.08. The Balaban J connectivity index is 1.91. The highest BCUT2D eigenvalue weighted by atomic mass is 19.1. The highest BCUT2D eigenvalue weighted by Crippen LogP contribution is 2.18. The Hall–Kier alpha value is -1.95. The number of nitrogens with zero attached hydrogens (tertiary/aromatic N) is 1. The lowest BCUT2D eigenvalue weighted by atomic mass is 10.0. The first-order valence-electron chi connectivity index (χ1n) is 6.87. The van der Waals surface area contributed by atoms with Gasteiger partial charge in [-0.2, -0.15) is 0 Å². The molecule has 2 rings (SSSR count). The molecule has 0 aromatic heterocycles. The maximum atomic E-state index is 12.8. The molecule has 1 aromatic rings. The first kappa shape index (κ1) is 15.4. The van der Waals surface area contributed by atoms with E-state index >= 15 is 0 Å². The van der Waals surface area contributed by atoms with Crippen LogP contribution in [0.1, 0.15) is 18.9 Å². The normalized spacial score (nSPS) is 22.1. The quantitative estimate of drug-likeness (QED) is 0.895. The van der Waals surface area contributed by atoms with E-state index in [4.69, 9.17) is 10.5 Å². The maximum Gasteiger partial charge on any atom is 0.251 e. The summed E-state index contributed by atoms with van der Waals surface area (Å²) in [7, 11) is 0. The van der Waals surface area contributed by atoms with Crippen molar-refractivity contribution >= 4 is 11.8 Å². The molecular weight excluding hydrogens is 275 g/mol. The minimum atomic E-state index is -1.12. The molecule has 0 saturated carbocycles. The molecule has 0 spiro atoms. The van der Waals surface area contributed by atoms with Gasteiger partial charge in [-0.15, -0.1) is 0 Å². The topological polar surface area (TPSA) is 72.6 Å². The highest BCUT2D eigenvalue weighted by Gasteiger charge is 2.38. The molecule has 0 bridgehead atoms. The summed E-state index contributed by atoms with van der Waals surface area (Å²) in [5.74, 6) is -0.927. The number of ether oxygens (including phenoxy) is 1. The minimum absolute atomic E-state index is 0.0601. The number of benzene rings is 1. The molecule has 5 nitrogen and oxygen atoms in total. The van der Waals surface area contributed by atoms with Crippen LogP contribution in [-0.4, -0.2) is 42.0 Å². The molecule has 114 valence electrons. The van der Waals surface area contributed by atoms with Crippen molar-refractivity contribution in [2.45, 2.75) is 25.4 Å². The number of primary amides is 1. The van der Waals surface area contributed by atoms with E-state index in [1.54, 1.807) is 24.0 Å². The van der Waals surface area contributed by atoms with Gasteiger partial charge in [0.1, 0.15) is 5.82 Å². The molecule has 1 atom stereocenters. The van der Waals surface area contributed by atoms with E-state index < -0.39 is 11.5 Å². The fraction of sp³-hybridized carbons (Fsp3) is 0.467. The van der Waals surface area contributed by atoms with Crippen LogP contribution in [0.2, 0.25) is 0 Å². The Labute approximate surface area is 122 Å². The summed E-state index contributed by atoms with van der Waals surface area (Å²) in [4.78, 5) is 25.2. The van der Waals surface area contributed by atoms with Gasteiger partial charge >= 0.3 is 0 Å². The molecule has 1 saturated heterocycles. The average molecular weight is 294 g/mol. The first-order valence-corrected chi connectivity index (χ1v) is 6.87. The predicted molar refractivity (Wildman–Crippen MR) is 74.9 cm³/mol. The van der Waals surface area contributed by atoms with E-state index in [2.05, 4.69) is 0 Å². The zero-order chi connectivity index (χ0) is 15.5. The second-order valence-electron chi connectivity index (χ2n) is 5.39. The number of carbonyl (C=O) groups is 2. The number of morpholine rings is 1. The Morgan fingerprint density at radius 2 is 2.05 bits per heavy atom. The van der Waals surface area contributed by atoms with Crippen molar-refractivity contribution in [2.24, 2.45) is 5.73 Å². The Bertz CT molecular complexity index is 532. The third-order valence-corrected chi connectivity index (χ3v) is 3.69. The largest absolute Gasteiger partial charge is 0.367 e. The molecular formula is C15H19FN2O3. The van der Waals surface area contributed by atoms with Crippen molar-refractivity contribution in [3.05, 3.63) is 35.6 Å². The zero-order valence-corrected chi connectivity index (χ0v) is 12.0. The molecule has 21 heavy (non-hydrogen) atoms. The molecule has 2 amide bonds. The Morgan fingerprint density at radius 1 is 1.38 bits per heavy atom. The van der Waals surface area contributed by atoms with Gasteiger partial charge in [0.25, 0.3) is 5.91 Å². The van der Waals surface area contributed by atoms with Crippen molar-refractivity contribution in [1.29, 1.82) is 0 Å².